The van der Waals surface area contributed by atoms with Crippen LogP contribution >= 0.6 is 0 Å². The third-order valence-corrected chi connectivity index (χ3v) is 1.21. The van der Waals surface area contributed by atoms with Crippen molar-refractivity contribution >= 4 is 5.91 Å². The van der Waals surface area contributed by atoms with Gasteiger partial charge in [0, 0.05) is 0 Å². The lowest BCUT2D eigenvalue weighted by Gasteiger charge is -2.27. The van der Waals surface area contributed by atoms with Crippen molar-refractivity contribution in [3.8, 4) is 0 Å². The van der Waals surface area contributed by atoms with E-state index in [1.807, 2.05) is 0 Å². The molecule has 3 nitrogen and oxygen atoms in total. The summed E-state index contributed by atoms with van der Waals surface area (Å²) in [5.41, 5.74) is 0. The molecule has 3 heteroatoms. The first-order valence-corrected chi connectivity index (χ1v) is 2.99. The Morgan fingerprint density at radius 2 is 2.50 bits per heavy atom. The fourth-order valence-electron chi connectivity index (χ4n) is 0.629. The highest BCUT2D eigenvalue weighted by molar-refractivity contribution is 5.82. The van der Waals surface area contributed by atoms with Crippen LogP contribution < -0.4 is 5.32 Å². The predicted molar refractivity (Wildman–Crippen MR) is 37.0 cm³/mol. The molecule has 0 radical (unpaired) electrons. The monoisotopic (exact) mass is 139 g/mol. The first-order chi connectivity index (χ1) is 4.72. The predicted octanol–water partition coefficient (Wildman–Crippen LogP) is 0.549. The molecule has 0 spiro atoms. The molecule has 1 atom stereocenters. The lowest BCUT2D eigenvalue weighted by Crippen LogP contribution is -2.49. The van der Waals surface area contributed by atoms with E-state index in [9.17, 15) is 4.79 Å². The van der Waals surface area contributed by atoms with E-state index in [0.29, 0.717) is 12.2 Å². The summed E-state index contributed by atoms with van der Waals surface area (Å²) in [6.07, 6.45) is 1.75. The summed E-state index contributed by atoms with van der Waals surface area (Å²) in [5, 5.41) is 2.54. The van der Waals surface area contributed by atoms with Crippen LogP contribution in [0.25, 0.3) is 0 Å². The highest BCUT2D eigenvalue weighted by Gasteiger charge is 2.26. The van der Waals surface area contributed by atoms with E-state index in [-0.39, 0.29) is 12.1 Å². The largest absolute Gasteiger partial charge is 0.471 e. The third kappa shape index (κ3) is 1.37. The second-order valence-electron chi connectivity index (χ2n) is 2.05. The van der Waals surface area contributed by atoms with Crippen molar-refractivity contribution in [1.82, 2.24) is 5.32 Å². The van der Waals surface area contributed by atoms with E-state index in [2.05, 4.69) is 18.5 Å². The maximum atomic E-state index is 10.3. The Bertz CT molecular complexity index is 178. The van der Waals surface area contributed by atoms with Crippen molar-refractivity contribution in [3.05, 3.63) is 25.0 Å². The summed E-state index contributed by atoms with van der Waals surface area (Å²) in [6, 6.07) is 0. The van der Waals surface area contributed by atoms with Gasteiger partial charge in [-0.3, -0.25) is 4.79 Å². The van der Waals surface area contributed by atoms with Gasteiger partial charge in [0.05, 0.1) is 6.42 Å². The Labute approximate surface area is 59.4 Å². The van der Waals surface area contributed by atoms with Gasteiger partial charge in [0.1, 0.15) is 5.76 Å². The van der Waals surface area contributed by atoms with Gasteiger partial charge >= 0.3 is 0 Å². The number of rotatable bonds is 3. The number of carbonyl (C=O) groups is 1. The van der Waals surface area contributed by atoms with Gasteiger partial charge in [-0.2, -0.15) is 0 Å². The second-order valence-corrected chi connectivity index (χ2v) is 2.05. The number of hydrogen-bond donors (Lipinski definition) is 1. The van der Waals surface area contributed by atoms with E-state index in [4.69, 9.17) is 4.74 Å². The Balaban J connectivity index is 2.22. The molecule has 0 saturated carbocycles. The number of ether oxygens (including phenoxy) is 1. The summed E-state index contributed by atoms with van der Waals surface area (Å²) in [7, 11) is 0. The number of nitrogens with one attached hydrogen (secondary N) is 1. The van der Waals surface area contributed by atoms with Gasteiger partial charge in [-0.1, -0.05) is 13.2 Å². The molecule has 1 aliphatic rings. The van der Waals surface area contributed by atoms with Gasteiger partial charge in [0.2, 0.25) is 5.91 Å². The first kappa shape index (κ1) is 6.86. The minimum Gasteiger partial charge on any atom is -0.471 e. The van der Waals surface area contributed by atoms with Crippen LogP contribution in [0.1, 0.15) is 6.42 Å². The van der Waals surface area contributed by atoms with Crippen LogP contribution in [0.3, 0.4) is 0 Å². The maximum Gasteiger partial charge on any atom is 0.228 e. The number of β-lactam (4-membered cyclic amide) rings is 1. The SMILES string of the molecule is C=CC(=C)OC1CC(=O)N1. The molecule has 1 saturated heterocycles. The second kappa shape index (κ2) is 2.56. The van der Waals surface area contributed by atoms with Crippen LogP contribution in [0.5, 0.6) is 0 Å². The number of hydrogen-bond acceptors (Lipinski definition) is 2. The van der Waals surface area contributed by atoms with Crippen LogP contribution in [-0.2, 0) is 9.53 Å². The summed E-state index contributed by atoms with van der Waals surface area (Å²) in [5.74, 6) is 0.506. The molecule has 0 aromatic rings. The highest BCUT2D eigenvalue weighted by atomic mass is 16.5. The van der Waals surface area contributed by atoms with E-state index in [0.717, 1.165) is 0 Å². The summed E-state index contributed by atoms with van der Waals surface area (Å²) in [6.45, 7) is 6.98. The van der Waals surface area contributed by atoms with Gasteiger partial charge < -0.3 is 10.1 Å². The standard InChI is InChI=1S/C7H9NO2/c1-3-5(2)10-7-4-6(9)8-7/h3,7H,1-2,4H2,(H,8,9). The molecular weight excluding hydrogens is 130 g/mol. The Morgan fingerprint density at radius 1 is 1.90 bits per heavy atom. The smallest absolute Gasteiger partial charge is 0.228 e. The number of carbonyl (C=O) groups excluding carboxylic acids is 1. The molecule has 1 N–H and O–H groups in total. The van der Waals surface area contributed by atoms with Crippen molar-refractivity contribution in [2.45, 2.75) is 12.6 Å². The Morgan fingerprint density at radius 3 is 2.90 bits per heavy atom. The minimum atomic E-state index is -0.182. The normalized spacial score (nSPS) is 22.4. The van der Waals surface area contributed by atoms with Crippen LogP contribution in [0.4, 0.5) is 0 Å². The van der Waals surface area contributed by atoms with E-state index in [1.54, 1.807) is 0 Å². The number of allylic oxidation sites excluding steroid dienone is 1. The van der Waals surface area contributed by atoms with Crippen molar-refractivity contribution in [3.63, 3.8) is 0 Å². The molecule has 0 aromatic heterocycles. The van der Waals surface area contributed by atoms with Crippen molar-refractivity contribution in [2.24, 2.45) is 0 Å². The molecule has 1 aliphatic heterocycles. The van der Waals surface area contributed by atoms with Gasteiger partial charge in [-0.15, -0.1) is 0 Å². The zero-order valence-electron chi connectivity index (χ0n) is 5.59. The molecule has 1 heterocycles. The van der Waals surface area contributed by atoms with Crippen LogP contribution in [-0.4, -0.2) is 12.1 Å². The molecule has 1 unspecified atom stereocenters. The average Bonchev–Trinajstić information content (AvgIpc) is 1.84. The van der Waals surface area contributed by atoms with Gasteiger partial charge in [-0.05, 0) is 6.08 Å². The first-order valence-electron chi connectivity index (χ1n) is 2.99. The Hall–Kier alpha value is -1.25. The summed E-state index contributed by atoms with van der Waals surface area (Å²) >= 11 is 0. The fourth-order valence-corrected chi connectivity index (χ4v) is 0.629. The third-order valence-electron chi connectivity index (χ3n) is 1.21. The summed E-state index contributed by atoms with van der Waals surface area (Å²) < 4.78 is 5.06. The van der Waals surface area contributed by atoms with E-state index < -0.39 is 0 Å². The molecule has 1 amide bonds. The fraction of sp³-hybridized carbons (Fsp3) is 0.286. The maximum absolute atomic E-state index is 10.3. The van der Waals surface area contributed by atoms with Gasteiger partial charge in [0.25, 0.3) is 0 Å². The molecule has 10 heavy (non-hydrogen) atoms. The molecule has 54 valence electrons. The van der Waals surface area contributed by atoms with Crippen molar-refractivity contribution < 1.29 is 9.53 Å². The molecule has 0 bridgehead atoms. The molecule has 1 fully saturated rings. The van der Waals surface area contributed by atoms with E-state index in [1.165, 1.54) is 6.08 Å². The van der Waals surface area contributed by atoms with Crippen LogP contribution in [0.15, 0.2) is 25.0 Å². The minimum absolute atomic E-state index is 0.0156. The Kier molecular flexibility index (Phi) is 1.76. The van der Waals surface area contributed by atoms with Crippen molar-refractivity contribution in [1.29, 1.82) is 0 Å². The average molecular weight is 139 g/mol. The zero-order chi connectivity index (χ0) is 7.56. The zero-order valence-corrected chi connectivity index (χ0v) is 5.59. The van der Waals surface area contributed by atoms with E-state index >= 15 is 0 Å². The van der Waals surface area contributed by atoms with Crippen molar-refractivity contribution in [2.75, 3.05) is 0 Å². The van der Waals surface area contributed by atoms with Gasteiger partial charge in [0.15, 0.2) is 6.23 Å². The topological polar surface area (TPSA) is 38.3 Å². The molecular formula is C7H9NO2. The molecule has 0 aromatic carbocycles. The lowest BCUT2D eigenvalue weighted by atomic mass is 10.2. The lowest BCUT2D eigenvalue weighted by molar-refractivity contribution is -0.137. The number of amides is 1. The summed E-state index contributed by atoms with van der Waals surface area (Å²) in [4.78, 5) is 10.3. The van der Waals surface area contributed by atoms with Gasteiger partial charge in [-0.25, -0.2) is 0 Å². The van der Waals surface area contributed by atoms with Crippen LogP contribution in [0, 0.1) is 0 Å². The van der Waals surface area contributed by atoms with Crippen LogP contribution in [0.2, 0.25) is 0 Å². The highest BCUT2D eigenvalue weighted by Crippen LogP contribution is 2.09. The molecule has 1 rings (SSSR count). The quantitative estimate of drug-likeness (QED) is 0.352. The molecule has 0 aliphatic carbocycles.